The highest BCUT2D eigenvalue weighted by molar-refractivity contribution is 6.07. The molecule has 1 amide bonds. The van der Waals surface area contributed by atoms with Crippen LogP contribution >= 0.6 is 0 Å². The van der Waals surface area contributed by atoms with Crippen molar-refractivity contribution in [2.75, 3.05) is 24.5 Å². The van der Waals surface area contributed by atoms with E-state index in [1.807, 2.05) is 12.1 Å². The van der Waals surface area contributed by atoms with Gasteiger partial charge in [0.25, 0.3) is 5.91 Å². The molecular weight excluding hydrogens is 332 g/mol. The van der Waals surface area contributed by atoms with Gasteiger partial charge >= 0.3 is 5.97 Å². The van der Waals surface area contributed by atoms with Crippen LogP contribution in [0.2, 0.25) is 0 Å². The lowest BCUT2D eigenvalue weighted by Gasteiger charge is -2.21. The Labute approximate surface area is 152 Å². The monoisotopic (exact) mass is 354 g/mol. The maximum Gasteiger partial charge on any atom is 0.336 e. The van der Waals surface area contributed by atoms with Crippen LogP contribution in [0.3, 0.4) is 0 Å². The van der Waals surface area contributed by atoms with E-state index in [0.717, 1.165) is 18.8 Å². The number of rotatable bonds is 8. The molecule has 0 heterocycles. The van der Waals surface area contributed by atoms with Gasteiger partial charge in [0, 0.05) is 24.3 Å². The van der Waals surface area contributed by atoms with Gasteiger partial charge in [-0.05, 0) is 50.2 Å². The Kier molecular flexibility index (Phi) is 6.49. The van der Waals surface area contributed by atoms with Gasteiger partial charge in [-0.1, -0.05) is 12.1 Å². The lowest BCUT2D eigenvalue weighted by atomic mass is 10.1. The van der Waals surface area contributed by atoms with Crippen molar-refractivity contribution in [2.24, 2.45) is 0 Å². The minimum Gasteiger partial charge on any atom is -0.478 e. The van der Waals surface area contributed by atoms with Crippen LogP contribution in [0.5, 0.6) is 0 Å². The van der Waals surface area contributed by atoms with Crippen LogP contribution in [0.15, 0.2) is 48.5 Å². The third-order valence-corrected chi connectivity index (χ3v) is 4.13. The number of ketones is 1. The van der Waals surface area contributed by atoms with Crippen molar-refractivity contribution >= 4 is 23.3 Å². The Hall–Kier alpha value is -3.15. The van der Waals surface area contributed by atoms with Crippen molar-refractivity contribution in [3.63, 3.8) is 0 Å². The van der Waals surface area contributed by atoms with Gasteiger partial charge in [-0.25, -0.2) is 4.79 Å². The molecule has 2 aromatic rings. The number of carbonyl (C=O) groups is 3. The van der Waals surface area contributed by atoms with Gasteiger partial charge in [-0.3, -0.25) is 9.59 Å². The predicted octanol–water partition coefficient (Wildman–Crippen LogP) is 2.84. The predicted molar refractivity (Wildman–Crippen MR) is 100 cm³/mol. The van der Waals surface area contributed by atoms with Gasteiger partial charge in [-0.2, -0.15) is 0 Å². The van der Waals surface area contributed by atoms with Crippen LogP contribution < -0.4 is 10.2 Å². The van der Waals surface area contributed by atoms with Crippen molar-refractivity contribution in [3.8, 4) is 0 Å². The number of carboxylic acid groups (broad SMARTS) is 1. The molecule has 2 rings (SSSR count). The summed E-state index contributed by atoms with van der Waals surface area (Å²) in [6.07, 6.45) is 0. The van der Waals surface area contributed by atoms with E-state index in [1.54, 1.807) is 24.3 Å². The average Bonchev–Trinajstić information content (AvgIpc) is 2.67. The van der Waals surface area contributed by atoms with E-state index in [1.165, 1.54) is 12.1 Å². The molecule has 0 saturated heterocycles. The smallest absolute Gasteiger partial charge is 0.336 e. The standard InChI is InChI=1S/C20H22N2O4/c1-3-22(4-2)15-11-9-14(10-12-15)18(23)13-21-19(24)16-7-5-6-8-17(16)20(25)26/h5-12H,3-4,13H2,1-2H3,(H,21,24)(H,25,26). The maximum absolute atomic E-state index is 12.3. The fourth-order valence-electron chi connectivity index (χ4n) is 2.67. The molecule has 0 aliphatic rings. The summed E-state index contributed by atoms with van der Waals surface area (Å²) in [6, 6.07) is 13.1. The minimum absolute atomic E-state index is 0.0321. The molecule has 0 fully saturated rings. The van der Waals surface area contributed by atoms with E-state index in [2.05, 4.69) is 24.1 Å². The van der Waals surface area contributed by atoms with E-state index in [-0.39, 0.29) is 23.5 Å². The summed E-state index contributed by atoms with van der Waals surface area (Å²) in [5.74, 6) is -2.01. The van der Waals surface area contributed by atoms with Crippen LogP contribution in [0.1, 0.15) is 44.9 Å². The zero-order chi connectivity index (χ0) is 19.1. The van der Waals surface area contributed by atoms with Crippen LogP contribution in [-0.2, 0) is 0 Å². The zero-order valence-electron chi connectivity index (χ0n) is 14.9. The number of nitrogens with zero attached hydrogens (tertiary/aromatic N) is 1. The SMILES string of the molecule is CCN(CC)c1ccc(C(=O)CNC(=O)c2ccccc2C(=O)O)cc1. The molecule has 0 aliphatic carbocycles. The Bertz CT molecular complexity index is 796. The van der Waals surface area contributed by atoms with Crippen LogP contribution in [0, 0.1) is 0 Å². The van der Waals surface area contributed by atoms with Gasteiger partial charge in [-0.15, -0.1) is 0 Å². The first-order valence-electron chi connectivity index (χ1n) is 8.46. The first kappa shape index (κ1) is 19.2. The highest BCUT2D eigenvalue weighted by Gasteiger charge is 2.16. The molecule has 0 spiro atoms. The van der Waals surface area contributed by atoms with E-state index in [9.17, 15) is 14.4 Å². The minimum atomic E-state index is -1.19. The number of hydrogen-bond acceptors (Lipinski definition) is 4. The zero-order valence-corrected chi connectivity index (χ0v) is 14.9. The number of Topliss-reactive ketones (excluding diaryl/α,β-unsaturated/α-hetero) is 1. The van der Waals surface area contributed by atoms with E-state index in [0.29, 0.717) is 5.56 Å². The Morgan fingerprint density at radius 1 is 0.923 bits per heavy atom. The fourth-order valence-corrected chi connectivity index (χ4v) is 2.67. The number of hydrogen-bond donors (Lipinski definition) is 2. The second-order valence-corrected chi connectivity index (χ2v) is 5.68. The molecule has 26 heavy (non-hydrogen) atoms. The molecule has 6 nitrogen and oxygen atoms in total. The molecule has 0 atom stereocenters. The molecule has 0 aromatic heterocycles. The number of amides is 1. The normalized spacial score (nSPS) is 10.2. The third-order valence-electron chi connectivity index (χ3n) is 4.13. The van der Waals surface area contributed by atoms with Crippen molar-refractivity contribution < 1.29 is 19.5 Å². The molecule has 0 unspecified atom stereocenters. The molecule has 2 aromatic carbocycles. The highest BCUT2D eigenvalue weighted by atomic mass is 16.4. The quantitative estimate of drug-likeness (QED) is 0.712. The van der Waals surface area contributed by atoms with Gasteiger partial charge in [0.1, 0.15) is 0 Å². The van der Waals surface area contributed by atoms with E-state index in [4.69, 9.17) is 5.11 Å². The summed E-state index contributed by atoms with van der Waals surface area (Å²) < 4.78 is 0. The molecule has 136 valence electrons. The number of aromatic carboxylic acids is 1. The molecule has 0 radical (unpaired) electrons. The van der Waals surface area contributed by atoms with Crippen molar-refractivity contribution in [1.82, 2.24) is 5.32 Å². The maximum atomic E-state index is 12.3. The first-order valence-corrected chi connectivity index (χ1v) is 8.46. The number of carbonyl (C=O) groups excluding carboxylic acids is 2. The Morgan fingerprint density at radius 2 is 1.50 bits per heavy atom. The molecular formula is C20H22N2O4. The Balaban J connectivity index is 2.02. The molecule has 6 heteroatoms. The highest BCUT2D eigenvalue weighted by Crippen LogP contribution is 2.15. The summed E-state index contributed by atoms with van der Waals surface area (Å²) in [7, 11) is 0. The number of carboxylic acids is 1. The van der Waals surface area contributed by atoms with E-state index >= 15 is 0 Å². The molecule has 2 N–H and O–H groups in total. The molecule has 0 aliphatic heterocycles. The number of benzene rings is 2. The number of anilines is 1. The van der Waals surface area contributed by atoms with Gasteiger partial charge in [0.15, 0.2) is 5.78 Å². The largest absolute Gasteiger partial charge is 0.478 e. The second-order valence-electron chi connectivity index (χ2n) is 5.68. The summed E-state index contributed by atoms with van der Waals surface area (Å²) in [5.41, 5.74) is 1.46. The summed E-state index contributed by atoms with van der Waals surface area (Å²) in [6.45, 7) is 5.68. The lowest BCUT2D eigenvalue weighted by molar-refractivity contribution is 0.0691. The topological polar surface area (TPSA) is 86.7 Å². The first-order chi connectivity index (χ1) is 12.5. The summed E-state index contributed by atoms with van der Waals surface area (Å²) in [4.78, 5) is 37.8. The lowest BCUT2D eigenvalue weighted by Crippen LogP contribution is -2.30. The number of nitrogens with one attached hydrogen (secondary N) is 1. The van der Waals surface area contributed by atoms with Crippen LogP contribution in [0.4, 0.5) is 5.69 Å². The Morgan fingerprint density at radius 3 is 2.04 bits per heavy atom. The van der Waals surface area contributed by atoms with Crippen LogP contribution in [-0.4, -0.2) is 42.4 Å². The van der Waals surface area contributed by atoms with Crippen molar-refractivity contribution in [1.29, 1.82) is 0 Å². The van der Waals surface area contributed by atoms with Gasteiger partial charge in [0.05, 0.1) is 17.7 Å². The molecule has 0 saturated carbocycles. The summed E-state index contributed by atoms with van der Waals surface area (Å²) in [5, 5.41) is 11.6. The van der Waals surface area contributed by atoms with E-state index < -0.39 is 11.9 Å². The fraction of sp³-hybridized carbons (Fsp3) is 0.250. The van der Waals surface area contributed by atoms with Gasteiger partial charge < -0.3 is 15.3 Å². The molecule has 0 bridgehead atoms. The second kappa shape index (κ2) is 8.80. The van der Waals surface area contributed by atoms with Crippen LogP contribution in [0.25, 0.3) is 0 Å². The summed E-state index contributed by atoms with van der Waals surface area (Å²) >= 11 is 0. The van der Waals surface area contributed by atoms with Crippen molar-refractivity contribution in [3.05, 3.63) is 65.2 Å². The van der Waals surface area contributed by atoms with Crippen molar-refractivity contribution in [2.45, 2.75) is 13.8 Å². The van der Waals surface area contributed by atoms with Gasteiger partial charge in [0.2, 0.25) is 0 Å². The third kappa shape index (κ3) is 4.47. The average molecular weight is 354 g/mol.